The van der Waals surface area contributed by atoms with E-state index in [-0.39, 0.29) is 17.6 Å². The number of H-pyrrole nitrogens is 1. The van der Waals surface area contributed by atoms with E-state index in [0.717, 1.165) is 25.7 Å². The van der Waals surface area contributed by atoms with Crippen LogP contribution in [-0.4, -0.2) is 51.5 Å². The van der Waals surface area contributed by atoms with Crippen molar-refractivity contribution in [2.45, 2.75) is 45.1 Å². The molecule has 1 aromatic rings. The van der Waals surface area contributed by atoms with E-state index in [1.165, 1.54) is 0 Å². The Morgan fingerprint density at radius 3 is 2.95 bits per heavy atom. The lowest BCUT2D eigenvalue weighted by molar-refractivity contribution is -0.126. The van der Waals surface area contributed by atoms with Gasteiger partial charge in [-0.2, -0.15) is 0 Å². The molecule has 0 radical (unpaired) electrons. The highest BCUT2D eigenvalue weighted by Gasteiger charge is 2.33. The summed E-state index contributed by atoms with van der Waals surface area (Å²) in [5.41, 5.74) is 0. The molecule has 2 amide bonds. The molecule has 1 aliphatic rings. The van der Waals surface area contributed by atoms with Crippen LogP contribution in [0.1, 0.15) is 49.1 Å². The zero-order valence-corrected chi connectivity index (χ0v) is 12.0. The summed E-state index contributed by atoms with van der Waals surface area (Å²) in [6.07, 6.45) is 4.26. The van der Waals surface area contributed by atoms with Gasteiger partial charge in [0, 0.05) is 20.0 Å². The molecule has 1 unspecified atom stereocenters. The fourth-order valence-corrected chi connectivity index (χ4v) is 2.48. The molecule has 1 atom stereocenters. The maximum Gasteiger partial charge on any atom is 0.294 e. The highest BCUT2D eigenvalue weighted by molar-refractivity contribution is 5.94. The van der Waals surface area contributed by atoms with E-state index >= 15 is 0 Å². The van der Waals surface area contributed by atoms with E-state index in [1.807, 2.05) is 6.92 Å². The second-order valence-electron chi connectivity index (χ2n) is 4.98. The fourth-order valence-electron chi connectivity index (χ4n) is 2.48. The molecule has 2 heterocycles. The zero-order chi connectivity index (χ0) is 14.5. The standard InChI is InChI=1S/C13H21N5O2/c1-3-6-10-15-11(17-16-10)13(20)18-8-5-4-7-9(18)12(19)14-2/h9H,3-8H2,1-2H3,(H,14,19)(H,15,16,17). The number of aryl methyl sites for hydroxylation is 1. The van der Waals surface area contributed by atoms with Gasteiger partial charge in [0.25, 0.3) is 5.91 Å². The van der Waals surface area contributed by atoms with Gasteiger partial charge in [0.05, 0.1) is 0 Å². The van der Waals surface area contributed by atoms with Crippen molar-refractivity contribution in [2.75, 3.05) is 13.6 Å². The Morgan fingerprint density at radius 2 is 2.25 bits per heavy atom. The van der Waals surface area contributed by atoms with Gasteiger partial charge in [-0.25, -0.2) is 4.98 Å². The van der Waals surface area contributed by atoms with Gasteiger partial charge in [0.2, 0.25) is 11.7 Å². The minimum Gasteiger partial charge on any atom is -0.357 e. The van der Waals surface area contributed by atoms with Crippen LogP contribution in [0.25, 0.3) is 0 Å². The minimum atomic E-state index is -0.408. The lowest BCUT2D eigenvalue weighted by atomic mass is 10.0. The van der Waals surface area contributed by atoms with E-state index in [1.54, 1.807) is 11.9 Å². The van der Waals surface area contributed by atoms with Crippen LogP contribution in [0, 0.1) is 0 Å². The third-order valence-electron chi connectivity index (χ3n) is 3.52. The molecule has 20 heavy (non-hydrogen) atoms. The number of piperidine rings is 1. The maximum atomic E-state index is 12.4. The summed E-state index contributed by atoms with van der Waals surface area (Å²) in [6.45, 7) is 2.62. The van der Waals surface area contributed by atoms with Crippen LogP contribution in [-0.2, 0) is 11.2 Å². The zero-order valence-electron chi connectivity index (χ0n) is 12.0. The van der Waals surface area contributed by atoms with Crippen LogP contribution < -0.4 is 5.32 Å². The first-order valence-electron chi connectivity index (χ1n) is 7.11. The van der Waals surface area contributed by atoms with Crippen molar-refractivity contribution in [2.24, 2.45) is 0 Å². The average molecular weight is 279 g/mol. The van der Waals surface area contributed by atoms with Gasteiger partial charge < -0.3 is 10.2 Å². The topological polar surface area (TPSA) is 91.0 Å². The Hall–Kier alpha value is -1.92. The first kappa shape index (κ1) is 14.5. The summed E-state index contributed by atoms with van der Waals surface area (Å²) in [5, 5.41) is 9.36. The molecule has 7 heteroatoms. The van der Waals surface area contributed by atoms with Gasteiger partial charge in [-0.05, 0) is 25.7 Å². The number of nitrogens with zero attached hydrogens (tertiary/aromatic N) is 3. The average Bonchev–Trinajstić information content (AvgIpc) is 2.94. The smallest absolute Gasteiger partial charge is 0.294 e. The van der Waals surface area contributed by atoms with E-state index in [2.05, 4.69) is 20.5 Å². The van der Waals surface area contributed by atoms with Crippen molar-refractivity contribution in [1.82, 2.24) is 25.4 Å². The van der Waals surface area contributed by atoms with Gasteiger partial charge in [-0.15, -0.1) is 5.10 Å². The number of aromatic amines is 1. The molecule has 2 rings (SSSR count). The molecular weight excluding hydrogens is 258 g/mol. The Labute approximate surface area is 118 Å². The lowest BCUT2D eigenvalue weighted by Crippen LogP contribution is -2.51. The Balaban J connectivity index is 2.14. The lowest BCUT2D eigenvalue weighted by Gasteiger charge is -2.33. The van der Waals surface area contributed by atoms with E-state index in [4.69, 9.17) is 0 Å². The van der Waals surface area contributed by atoms with Crippen molar-refractivity contribution >= 4 is 11.8 Å². The second kappa shape index (κ2) is 6.49. The summed E-state index contributed by atoms with van der Waals surface area (Å²) in [6, 6.07) is -0.408. The van der Waals surface area contributed by atoms with Crippen LogP contribution in [0.15, 0.2) is 0 Å². The van der Waals surface area contributed by atoms with Crippen LogP contribution >= 0.6 is 0 Å². The number of hydrogen-bond acceptors (Lipinski definition) is 4. The quantitative estimate of drug-likeness (QED) is 0.839. The van der Waals surface area contributed by atoms with E-state index in [9.17, 15) is 9.59 Å². The summed E-state index contributed by atoms with van der Waals surface area (Å²) in [5.74, 6) is 0.480. The predicted octanol–water partition coefficient (Wildman–Crippen LogP) is 0.498. The molecule has 1 aromatic heterocycles. The fraction of sp³-hybridized carbons (Fsp3) is 0.692. The highest BCUT2D eigenvalue weighted by Crippen LogP contribution is 2.19. The molecule has 7 nitrogen and oxygen atoms in total. The molecule has 1 saturated heterocycles. The predicted molar refractivity (Wildman–Crippen MR) is 73.1 cm³/mol. The second-order valence-corrected chi connectivity index (χ2v) is 4.98. The van der Waals surface area contributed by atoms with Crippen LogP contribution in [0.3, 0.4) is 0 Å². The number of likely N-dealkylation sites (tertiary alicyclic amines) is 1. The van der Waals surface area contributed by atoms with Gasteiger partial charge in [-0.1, -0.05) is 6.92 Å². The molecule has 1 fully saturated rings. The molecule has 0 aliphatic carbocycles. The number of rotatable bonds is 4. The first-order valence-corrected chi connectivity index (χ1v) is 7.11. The largest absolute Gasteiger partial charge is 0.357 e. The SMILES string of the molecule is CCCc1nc(C(=O)N2CCCCC2C(=O)NC)n[nH]1. The maximum absolute atomic E-state index is 12.4. The first-order chi connectivity index (χ1) is 9.67. The number of nitrogens with one attached hydrogen (secondary N) is 2. The number of carbonyl (C=O) groups excluding carboxylic acids is 2. The third-order valence-corrected chi connectivity index (χ3v) is 3.52. The number of aromatic nitrogens is 3. The monoisotopic (exact) mass is 279 g/mol. The van der Waals surface area contributed by atoms with Crippen LogP contribution in [0.2, 0.25) is 0 Å². The van der Waals surface area contributed by atoms with Crippen molar-refractivity contribution in [3.05, 3.63) is 11.6 Å². The number of carbonyl (C=O) groups is 2. The third kappa shape index (κ3) is 2.97. The molecule has 0 saturated carbocycles. The van der Waals surface area contributed by atoms with Crippen molar-refractivity contribution in [3.63, 3.8) is 0 Å². The van der Waals surface area contributed by atoms with Crippen molar-refractivity contribution in [1.29, 1.82) is 0 Å². The molecule has 0 aromatic carbocycles. The molecular formula is C13H21N5O2. The summed E-state index contributed by atoms with van der Waals surface area (Å²) < 4.78 is 0. The van der Waals surface area contributed by atoms with Gasteiger partial charge in [-0.3, -0.25) is 14.7 Å². The van der Waals surface area contributed by atoms with E-state index < -0.39 is 6.04 Å². The van der Waals surface area contributed by atoms with Gasteiger partial charge in [0.1, 0.15) is 11.9 Å². The summed E-state index contributed by atoms with van der Waals surface area (Å²) >= 11 is 0. The molecule has 0 spiro atoms. The van der Waals surface area contributed by atoms with Crippen molar-refractivity contribution in [3.8, 4) is 0 Å². The number of amides is 2. The highest BCUT2D eigenvalue weighted by atomic mass is 16.2. The van der Waals surface area contributed by atoms with Crippen molar-refractivity contribution < 1.29 is 9.59 Å². The van der Waals surface area contributed by atoms with Crippen LogP contribution in [0.4, 0.5) is 0 Å². The molecule has 2 N–H and O–H groups in total. The molecule has 1 aliphatic heterocycles. The van der Waals surface area contributed by atoms with Gasteiger partial charge in [0.15, 0.2) is 0 Å². The Bertz CT molecular complexity index is 485. The number of hydrogen-bond donors (Lipinski definition) is 2. The van der Waals surface area contributed by atoms with Gasteiger partial charge >= 0.3 is 0 Å². The molecule has 0 bridgehead atoms. The number of likely N-dealkylation sites (N-methyl/N-ethyl adjacent to an activating group) is 1. The van der Waals surface area contributed by atoms with E-state index in [0.29, 0.717) is 18.8 Å². The van der Waals surface area contributed by atoms with Crippen LogP contribution in [0.5, 0.6) is 0 Å². The normalized spacial score (nSPS) is 18.9. The minimum absolute atomic E-state index is 0.123. The Kier molecular flexibility index (Phi) is 4.70. The molecule has 110 valence electrons. The summed E-state index contributed by atoms with van der Waals surface area (Å²) in [7, 11) is 1.59. The summed E-state index contributed by atoms with van der Waals surface area (Å²) in [4.78, 5) is 30.1. The Morgan fingerprint density at radius 1 is 1.45 bits per heavy atom.